The topological polar surface area (TPSA) is 84.9 Å². The van der Waals surface area contributed by atoms with Crippen molar-refractivity contribution in [2.45, 2.75) is 22.8 Å². The molecule has 1 spiro atoms. The standard InChI is InChI=1S/C13H17ClN2O5S2/c14-10-1-2-12(22-10)23(18,19)15-9-11(17)16-5-3-13(4-6-16)20-7-8-21-13/h1-2,15H,3-9H2. The molecule has 2 aliphatic rings. The third kappa shape index (κ3) is 3.86. The van der Waals surface area contributed by atoms with E-state index in [2.05, 4.69) is 4.72 Å². The van der Waals surface area contributed by atoms with E-state index in [0.717, 1.165) is 11.3 Å². The number of rotatable bonds is 4. The lowest BCUT2D eigenvalue weighted by molar-refractivity contribution is -0.187. The molecule has 128 valence electrons. The Kier molecular flexibility index (Phi) is 4.96. The summed E-state index contributed by atoms with van der Waals surface area (Å²) in [7, 11) is -3.71. The third-order valence-corrected chi connectivity index (χ3v) is 7.04. The average molecular weight is 381 g/mol. The molecule has 1 aromatic heterocycles. The van der Waals surface area contributed by atoms with Gasteiger partial charge >= 0.3 is 0 Å². The predicted molar refractivity (Wildman–Crippen MR) is 85.0 cm³/mol. The zero-order valence-electron chi connectivity index (χ0n) is 12.3. The summed E-state index contributed by atoms with van der Waals surface area (Å²) >= 11 is 6.69. The Morgan fingerprint density at radius 3 is 2.52 bits per heavy atom. The van der Waals surface area contributed by atoms with Gasteiger partial charge in [-0.2, -0.15) is 0 Å². The number of halogens is 1. The van der Waals surface area contributed by atoms with Crippen molar-refractivity contribution < 1.29 is 22.7 Å². The number of carbonyl (C=O) groups excluding carboxylic acids is 1. The summed E-state index contributed by atoms with van der Waals surface area (Å²) in [6.45, 7) is 1.87. The highest BCUT2D eigenvalue weighted by Gasteiger charge is 2.40. The maximum absolute atomic E-state index is 12.2. The number of ether oxygens (including phenoxy) is 2. The zero-order chi connectivity index (χ0) is 16.5. The van der Waals surface area contributed by atoms with Gasteiger partial charge in [0.2, 0.25) is 5.91 Å². The fourth-order valence-corrected chi connectivity index (χ4v) is 5.17. The fraction of sp³-hybridized carbons (Fsp3) is 0.615. The number of piperidine rings is 1. The number of nitrogens with one attached hydrogen (secondary N) is 1. The average Bonchev–Trinajstić information content (AvgIpc) is 3.16. The number of nitrogens with zero attached hydrogens (tertiary/aromatic N) is 1. The summed E-state index contributed by atoms with van der Waals surface area (Å²) in [5, 5.41) is 0. The molecule has 1 N–H and O–H groups in total. The highest BCUT2D eigenvalue weighted by atomic mass is 35.5. The van der Waals surface area contributed by atoms with Crippen LogP contribution in [0.15, 0.2) is 16.3 Å². The molecular weight excluding hydrogens is 364 g/mol. The lowest BCUT2D eigenvalue weighted by Crippen LogP contribution is -2.49. The van der Waals surface area contributed by atoms with Crippen LogP contribution in [-0.2, 0) is 24.3 Å². The highest BCUT2D eigenvalue weighted by Crippen LogP contribution is 2.31. The summed E-state index contributed by atoms with van der Waals surface area (Å²) < 4.78 is 38.1. The van der Waals surface area contributed by atoms with E-state index in [0.29, 0.717) is 43.5 Å². The minimum absolute atomic E-state index is 0.0978. The van der Waals surface area contributed by atoms with Gasteiger partial charge in [0.15, 0.2) is 5.79 Å². The second-order valence-corrected chi connectivity index (χ2v) is 9.08. The van der Waals surface area contributed by atoms with Gasteiger partial charge < -0.3 is 14.4 Å². The van der Waals surface area contributed by atoms with Gasteiger partial charge in [-0.25, -0.2) is 13.1 Å². The van der Waals surface area contributed by atoms with Gasteiger partial charge in [0.05, 0.1) is 24.1 Å². The van der Waals surface area contributed by atoms with Crippen LogP contribution >= 0.6 is 22.9 Å². The van der Waals surface area contributed by atoms with E-state index < -0.39 is 15.8 Å². The first-order valence-corrected chi connectivity index (χ1v) is 9.89. The Balaban J connectivity index is 1.52. The quantitative estimate of drug-likeness (QED) is 0.843. The van der Waals surface area contributed by atoms with Crippen LogP contribution in [0.25, 0.3) is 0 Å². The maximum atomic E-state index is 12.2. The molecule has 0 aliphatic carbocycles. The lowest BCUT2D eigenvalue weighted by Gasteiger charge is -2.37. The van der Waals surface area contributed by atoms with Crippen molar-refractivity contribution in [2.75, 3.05) is 32.8 Å². The summed E-state index contributed by atoms with van der Waals surface area (Å²) in [6.07, 6.45) is 1.21. The Bertz CT molecular complexity index is 674. The molecule has 2 fully saturated rings. The molecule has 2 aliphatic heterocycles. The van der Waals surface area contributed by atoms with E-state index in [1.807, 2.05) is 0 Å². The minimum Gasteiger partial charge on any atom is -0.347 e. The molecular formula is C13H17ClN2O5S2. The first-order chi connectivity index (χ1) is 10.9. The molecule has 23 heavy (non-hydrogen) atoms. The van der Waals surface area contributed by atoms with E-state index in [9.17, 15) is 13.2 Å². The second-order valence-electron chi connectivity index (χ2n) is 5.37. The Hall–Kier alpha value is -0.710. The van der Waals surface area contributed by atoms with Crippen molar-refractivity contribution in [1.82, 2.24) is 9.62 Å². The normalized spacial score (nSPS) is 21.0. The monoisotopic (exact) mass is 380 g/mol. The van der Waals surface area contributed by atoms with E-state index in [-0.39, 0.29) is 16.7 Å². The van der Waals surface area contributed by atoms with Gasteiger partial charge in [0, 0.05) is 25.9 Å². The van der Waals surface area contributed by atoms with E-state index in [1.54, 1.807) is 4.90 Å². The molecule has 3 heterocycles. The molecule has 10 heteroatoms. The van der Waals surface area contributed by atoms with Crippen LogP contribution in [0.2, 0.25) is 4.34 Å². The van der Waals surface area contributed by atoms with Gasteiger partial charge in [-0.05, 0) is 12.1 Å². The number of sulfonamides is 1. The first-order valence-electron chi connectivity index (χ1n) is 7.21. The number of likely N-dealkylation sites (tertiary alicyclic amines) is 1. The Labute approximate surface area is 143 Å². The number of hydrogen-bond donors (Lipinski definition) is 1. The molecule has 0 bridgehead atoms. The van der Waals surface area contributed by atoms with Gasteiger partial charge in [-0.1, -0.05) is 11.6 Å². The number of hydrogen-bond acceptors (Lipinski definition) is 6. The Morgan fingerprint density at radius 1 is 1.30 bits per heavy atom. The van der Waals surface area contributed by atoms with Crippen molar-refractivity contribution in [1.29, 1.82) is 0 Å². The van der Waals surface area contributed by atoms with E-state index in [1.165, 1.54) is 12.1 Å². The van der Waals surface area contributed by atoms with Crippen molar-refractivity contribution in [3.05, 3.63) is 16.5 Å². The third-order valence-electron chi connectivity index (χ3n) is 3.92. The zero-order valence-corrected chi connectivity index (χ0v) is 14.7. The van der Waals surface area contributed by atoms with Crippen LogP contribution in [0.4, 0.5) is 0 Å². The van der Waals surface area contributed by atoms with E-state index >= 15 is 0 Å². The molecule has 0 radical (unpaired) electrons. The molecule has 0 saturated carbocycles. The molecule has 3 rings (SSSR count). The summed E-state index contributed by atoms with van der Waals surface area (Å²) in [6, 6.07) is 2.92. The van der Waals surface area contributed by atoms with Crippen LogP contribution < -0.4 is 4.72 Å². The molecule has 2 saturated heterocycles. The van der Waals surface area contributed by atoms with Crippen molar-refractivity contribution in [2.24, 2.45) is 0 Å². The van der Waals surface area contributed by atoms with Crippen LogP contribution in [-0.4, -0.2) is 57.9 Å². The van der Waals surface area contributed by atoms with Gasteiger partial charge in [0.1, 0.15) is 4.21 Å². The summed E-state index contributed by atoms with van der Waals surface area (Å²) in [5.41, 5.74) is 0. The number of amides is 1. The van der Waals surface area contributed by atoms with Crippen LogP contribution in [0.3, 0.4) is 0 Å². The highest BCUT2D eigenvalue weighted by molar-refractivity contribution is 7.91. The van der Waals surface area contributed by atoms with Crippen molar-refractivity contribution in [3.63, 3.8) is 0 Å². The van der Waals surface area contributed by atoms with Crippen LogP contribution in [0.1, 0.15) is 12.8 Å². The minimum atomic E-state index is -3.71. The number of thiophene rings is 1. The van der Waals surface area contributed by atoms with E-state index in [4.69, 9.17) is 21.1 Å². The molecule has 0 aromatic carbocycles. The molecule has 1 amide bonds. The van der Waals surface area contributed by atoms with Gasteiger partial charge in [-0.15, -0.1) is 11.3 Å². The Morgan fingerprint density at radius 2 is 1.96 bits per heavy atom. The predicted octanol–water partition coefficient (Wildman–Crippen LogP) is 1.05. The summed E-state index contributed by atoms with van der Waals surface area (Å²) in [5.74, 6) is -0.812. The molecule has 7 nitrogen and oxygen atoms in total. The first kappa shape index (κ1) is 17.1. The molecule has 0 unspecified atom stereocenters. The van der Waals surface area contributed by atoms with Crippen LogP contribution in [0.5, 0.6) is 0 Å². The lowest BCUT2D eigenvalue weighted by atomic mass is 10.0. The largest absolute Gasteiger partial charge is 0.347 e. The maximum Gasteiger partial charge on any atom is 0.250 e. The molecule has 1 aromatic rings. The van der Waals surface area contributed by atoms with Crippen molar-refractivity contribution >= 4 is 38.9 Å². The summed E-state index contributed by atoms with van der Waals surface area (Å²) in [4.78, 5) is 13.8. The van der Waals surface area contributed by atoms with Crippen molar-refractivity contribution in [3.8, 4) is 0 Å². The fourth-order valence-electron chi connectivity index (χ4n) is 2.66. The second kappa shape index (κ2) is 6.66. The number of carbonyl (C=O) groups is 1. The smallest absolute Gasteiger partial charge is 0.250 e. The van der Waals surface area contributed by atoms with Gasteiger partial charge in [-0.3, -0.25) is 4.79 Å². The molecule has 0 atom stereocenters. The van der Waals surface area contributed by atoms with Gasteiger partial charge in [0.25, 0.3) is 10.0 Å². The SMILES string of the molecule is O=C(CNS(=O)(=O)c1ccc(Cl)s1)N1CCC2(CC1)OCCO2. The van der Waals surface area contributed by atoms with Crippen LogP contribution in [0, 0.1) is 0 Å².